The fraction of sp³-hybridized carbons (Fsp3) is 0.375. The normalized spacial score (nSPS) is 25.2. The second kappa shape index (κ2) is 7.46. The van der Waals surface area contributed by atoms with Crippen LogP contribution in [0, 0.1) is 0 Å². The third-order valence-corrected chi connectivity index (χ3v) is 5.39. The van der Waals surface area contributed by atoms with E-state index in [0.717, 1.165) is 11.3 Å². The topological polar surface area (TPSA) is 81.9 Å². The van der Waals surface area contributed by atoms with Crippen molar-refractivity contribution in [2.45, 2.75) is 24.1 Å². The fourth-order valence-electron chi connectivity index (χ4n) is 2.67. The van der Waals surface area contributed by atoms with Crippen LogP contribution in [0.15, 0.2) is 36.4 Å². The molecule has 0 radical (unpaired) electrons. The Balaban J connectivity index is 0.00000208. The Bertz CT molecular complexity index is 652. The minimum absolute atomic E-state index is 0. The standard InChI is InChI=1S/C16H18N2O4S.ClH/c1-9-8-23-15-12(17)14(19)18(15)13(9)16(20)22-7-10-3-5-11(21-2)6-4-10;/h3-6,12-13,15H,1,7-8,17H2,2H3;1H/t12?,13?,15-;/m0./s1. The molecule has 2 heterocycles. The smallest absolute Gasteiger partial charge is 0.333 e. The van der Waals surface area contributed by atoms with Crippen LogP contribution in [0.4, 0.5) is 0 Å². The zero-order chi connectivity index (χ0) is 16.6. The molecule has 8 heteroatoms. The summed E-state index contributed by atoms with van der Waals surface area (Å²) in [5.74, 6) is 0.650. The molecule has 0 saturated carbocycles. The van der Waals surface area contributed by atoms with E-state index in [1.54, 1.807) is 19.2 Å². The van der Waals surface area contributed by atoms with Crippen molar-refractivity contribution in [3.8, 4) is 5.75 Å². The summed E-state index contributed by atoms with van der Waals surface area (Å²) in [5, 5.41) is -0.161. The quantitative estimate of drug-likeness (QED) is 0.489. The molecule has 3 rings (SSSR count). The molecule has 0 bridgehead atoms. The minimum atomic E-state index is -0.730. The maximum Gasteiger partial charge on any atom is 0.333 e. The second-order valence-corrected chi connectivity index (χ2v) is 6.59. The van der Waals surface area contributed by atoms with Crippen molar-refractivity contribution in [2.24, 2.45) is 5.73 Å². The maximum atomic E-state index is 12.4. The van der Waals surface area contributed by atoms with Crippen molar-refractivity contribution in [2.75, 3.05) is 12.9 Å². The average molecular weight is 371 g/mol. The highest BCUT2D eigenvalue weighted by atomic mass is 35.5. The van der Waals surface area contributed by atoms with Gasteiger partial charge in [-0.25, -0.2) is 4.79 Å². The average Bonchev–Trinajstić information content (AvgIpc) is 2.59. The van der Waals surface area contributed by atoms with Gasteiger partial charge in [0.25, 0.3) is 0 Å². The highest BCUT2D eigenvalue weighted by molar-refractivity contribution is 8.00. The molecule has 1 aromatic rings. The lowest BCUT2D eigenvalue weighted by atomic mass is 9.99. The van der Waals surface area contributed by atoms with E-state index in [0.29, 0.717) is 11.3 Å². The number of carbonyl (C=O) groups excluding carboxylic acids is 2. The number of halogens is 1. The summed E-state index contributed by atoms with van der Waals surface area (Å²) in [7, 11) is 1.59. The van der Waals surface area contributed by atoms with E-state index >= 15 is 0 Å². The van der Waals surface area contributed by atoms with Crippen molar-refractivity contribution >= 4 is 36.0 Å². The van der Waals surface area contributed by atoms with Crippen LogP contribution in [0.5, 0.6) is 5.75 Å². The van der Waals surface area contributed by atoms with Crippen molar-refractivity contribution in [1.29, 1.82) is 0 Å². The number of methoxy groups -OCH3 is 1. The maximum absolute atomic E-state index is 12.4. The molecule has 0 spiro atoms. The highest BCUT2D eigenvalue weighted by Gasteiger charge is 2.54. The van der Waals surface area contributed by atoms with Crippen LogP contribution in [-0.4, -0.2) is 47.1 Å². The first kappa shape index (κ1) is 18.6. The summed E-state index contributed by atoms with van der Waals surface area (Å²) in [6.07, 6.45) is 0. The van der Waals surface area contributed by atoms with Crippen LogP contribution in [0.1, 0.15) is 5.56 Å². The molecule has 2 aliphatic rings. The number of rotatable bonds is 4. The van der Waals surface area contributed by atoms with Gasteiger partial charge in [-0.15, -0.1) is 24.2 Å². The zero-order valence-electron chi connectivity index (χ0n) is 13.1. The molecule has 24 heavy (non-hydrogen) atoms. The third-order valence-electron chi connectivity index (χ3n) is 3.99. The van der Waals surface area contributed by atoms with Crippen molar-refractivity contribution in [3.63, 3.8) is 0 Å². The van der Waals surface area contributed by atoms with Gasteiger partial charge in [-0.2, -0.15) is 0 Å². The number of nitrogens with two attached hydrogens (primary N) is 1. The van der Waals surface area contributed by atoms with Crippen LogP contribution in [0.3, 0.4) is 0 Å². The van der Waals surface area contributed by atoms with Gasteiger partial charge in [-0.05, 0) is 23.3 Å². The Hall–Kier alpha value is -1.70. The monoisotopic (exact) mass is 370 g/mol. The molecule has 6 nitrogen and oxygen atoms in total. The van der Waals surface area contributed by atoms with Gasteiger partial charge in [0.05, 0.1) is 7.11 Å². The molecule has 1 amide bonds. The van der Waals surface area contributed by atoms with Crippen LogP contribution in [0.25, 0.3) is 0 Å². The van der Waals surface area contributed by atoms with Crippen molar-refractivity contribution in [3.05, 3.63) is 42.0 Å². The number of thioether (sulfide) groups is 1. The lowest BCUT2D eigenvalue weighted by Crippen LogP contribution is -2.73. The SMILES string of the molecule is C=C1CS[C@H]2C(N)C(=O)N2C1C(=O)OCc1ccc(OC)cc1.Cl. The zero-order valence-corrected chi connectivity index (χ0v) is 14.8. The first-order valence-corrected chi connectivity index (χ1v) is 8.24. The third kappa shape index (κ3) is 3.24. The lowest BCUT2D eigenvalue weighted by Gasteiger charge is -2.51. The Morgan fingerprint density at radius 1 is 1.42 bits per heavy atom. The number of nitrogens with zero attached hydrogens (tertiary/aromatic N) is 1. The fourth-order valence-corrected chi connectivity index (χ4v) is 3.92. The summed E-state index contributed by atoms with van der Waals surface area (Å²) in [5.41, 5.74) is 7.29. The summed E-state index contributed by atoms with van der Waals surface area (Å²) in [6, 6.07) is 5.98. The Kier molecular flexibility index (Phi) is 5.79. The first-order chi connectivity index (χ1) is 11.0. The molecule has 3 atom stereocenters. The Labute approximate surface area is 150 Å². The number of benzene rings is 1. The second-order valence-electron chi connectivity index (χ2n) is 5.49. The summed E-state index contributed by atoms with van der Waals surface area (Å²) in [6.45, 7) is 4.04. The van der Waals surface area contributed by atoms with Gasteiger partial charge < -0.3 is 20.1 Å². The molecule has 1 aromatic carbocycles. The van der Waals surface area contributed by atoms with E-state index in [9.17, 15) is 9.59 Å². The number of esters is 1. The number of β-lactam (4-membered cyclic amide) rings is 1. The number of amides is 1. The van der Waals surface area contributed by atoms with Crippen LogP contribution < -0.4 is 10.5 Å². The molecule has 0 aliphatic carbocycles. The van der Waals surface area contributed by atoms with E-state index in [1.807, 2.05) is 12.1 Å². The summed E-state index contributed by atoms with van der Waals surface area (Å²) in [4.78, 5) is 25.8. The van der Waals surface area contributed by atoms with E-state index in [1.165, 1.54) is 16.7 Å². The van der Waals surface area contributed by atoms with E-state index in [4.69, 9.17) is 15.2 Å². The summed E-state index contributed by atoms with van der Waals surface area (Å²) < 4.78 is 10.4. The molecular weight excluding hydrogens is 352 g/mol. The van der Waals surface area contributed by atoms with Gasteiger partial charge >= 0.3 is 5.97 Å². The van der Waals surface area contributed by atoms with Gasteiger partial charge in [-0.1, -0.05) is 18.7 Å². The van der Waals surface area contributed by atoms with E-state index in [2.05, 4.69) is 6.58 Å². The van der Waals surface area contributed by atoms with Crippen molar-refractivity contribution in [1.82, 2.24) is 4.90 Å². The predicted molar refractivity (Wildman–Crippen MR) is 94.0 cm³/mol. The van der Waals surface area contributed by atoms with Gasteiger partial charge in [0.1, 0.15) is 23.8 Å². The van der Waals surface area contributed by atoms with Crippen molar-refractivity contribution < 1.29 is 19.1 Å². The number of hydrogen-bond acceptors (Lipinski definition) is 6. The van der Waals surface area contributed by atoms with E-state index in [-0.39, 0.29) is 30.3 Å². The Morgan fingerprint density at radius 2 is 2.08 bits per heavy atom. The number of carbonyl (C=O) groups is 2. The molecular formula is C16H19ClN2O4S. The molecule has 2 N–H and O–H groups in total. The molecule has 0 aromatic heterocycles. The summed E-state index contributed by atoms with van der Waals surface area (Å²) >= 11 is 1.53. The van der Waals surface area contributed by atoms with Gasteiger partial charge in [0, 0.05) is 5.75 Å². The minimum Gasteiger partial charge on any atom is -0.497 e. The van der Waals surface area contributed by atoms with Crippen LogP contribution in [-0.2, 0) is 20.9 Å². The van der Waals surface area contributed by atoms with Gasteiger partial charge in [-0.3, -0.25) is 4.79 Å². The number of fused-ring (bicyclic) bond motifs is 1. The first-order valence-electron chi connectivity index (χ1n) is 7.19. The number of ether oxygens (including phenoxy) is 2. The van der Waals surface area contributed by atoms with Crippen LogP contribution in [0.2, 0.25) is 0 Å². The lowest BCUT2D eigenvalue weighted by molar-refractivity contribution is -0.162. The molecule has 2 saturated heterocycles. The molecule has 2 unspecified atom stereocenters. The van der Waals surface area contributed by atoms with E-state index < -0.39 is 18.1 Å². The van der Waals surface area contributed by atoms with Gasteiger partial charge in [0.15, 0.2) is 6.04 Å². The Morgan fingerprint density at radius 3 is 2.71 bits per heavy atom. The number of hydrogen-bond donors (Lipinski definition) is 1. The molecule has 2 fully saturated rings. The van der Waals surface area contributed by atoms with Crippen LogP contribution >= 0.6 is 24.2 Å². The molecule has 2 aliphatic heterocycles. The predicted octanol–water partition coefficient (Wildman–Crippen LogP) is 1.33. The highest BCUT2D eigenvalue weighted by Crippen LogP contribution is 2.39. The molecule has 130 valence electrons. The largest absolute Gasteiger partial charge is 0.497 e. The van der Waals surface area contributed by atoms with Gasteiger partial charge in [0.2, 0.25) is 5.91 Å².